The van der Waals surface area contributed by atoms with E-state index in [0.29, 0.717) is 24.5 Å². The van der Waals surface area contributed by atoms with Crippen molar-refractivity contribution in [1.82, 2.24) is 10.2 Å². The van der Waals surface area contributed by atoms with Crippen molar-refractivity contribution in [2.24, 2.45) is 11.7 Å². The molecule has 1 heterocycles. The second kappa shape index (κ2) is 10.9. The Hall–Kier alpha value is -1.93. The van der Waals surface area contributed by atoms with Crippen molar-refractivity contribution < 1.29 is 14.3 Å². The van der Waals surface area contributed by atoms with Crippen molar-refractivity contribution in [1.29, 1.82) is 0 Å². The standard InChI is InChI=1S/C22H25BrClN3O3/c23-18-2-1-3-20(30-14-15-4-6-19(24)7-5-15)17(12-18)13-27-10-8-16(9-11-27)21(28)26-22(25)29/h1-7,12,16,20H,8-11,13-14H2,(H3,25,26,28,29). The van der Waals surface area contributed by atoms with Crippen molar-refractivity contribution in [3.63, 3.8) is 0 Å². The lowest BCUT2D eigenvalue weighted by atomic mass is 9.95. The van der Waals surface area contributed by atoms with Crippen molar-refractivity contribution in [2.75, 3.05) is 19.6 Å². The maximum atomic E-state index is 12.0. The van der Waals surface area contributed by atoms with Gasteiger partial charge >= 0.3 is 6.03 Å². The van der Waals surface area contributed by atoms with E-state index in [9.17, 15) is 9.59 Å². The minimum atomic E-state index is -0.796. The maximum absolute atomic E-state index is 12.0. The van der Waals surface area contributed by atoms with Crippen LogP contribution in [-0.2, 0) is 16.1 Å². The van der Waals surface area contributed by atoms with Crippen LogP contribution in [0.5, 0.6) is 0 Å². The average molecular weight is 495 g/mol. The van der Waals surface area contributed by atoms with Crippen LogP contribution in [0.25, 0.3) is 0 Å². The number of nitrogens with one attached hydrogen (secondary N) is 1. The maximum Gasteiger partial charge on any atom is 0.318 e. The van der Waals surface area contributed by atoms with Crippen molar-refractivity contribution in [3.8, 4) is 0 Å². The van der Waals surface area contributed by atoms with E-state index in [0.717, 1.165) is 35.3 Å². The molecule has 1 atom stereocenters. The van der Waals surface area contributed by atoms with Gasteiger partial charge in [-0.15, -0.1) is 0 Å². The zero-order valence-corrected chi connectivity index (χ0v) is 18.9. The molecule has 1 saturated heterocycles. The van der Waals surface area contributed by atoms with Crippen LogP contribution in [0.4, 0.5) is 4.79 Å². The molecular weight excluding hydrogens is 470 g/mol. The number of ether oxygens (including phenoxy) is 1. The molecule has 3 N–H and O–H groups in total. The molecule has 1 aromatic carbocycles. The average Bonchev–Trinajstić information content (AvgIpc) is 2.88. The Balaban J connectivity index is 1.58. The second-order valence-electron chi connectivity index (χ2n) is 7.42. The molecule has 3 rings (SSSR count). The zero-order chi connectivity index (χ0) is 21.5. The Kier molecular flexibility index (Phi) is 8.27. The van der Waals surface area contributed by atoms with Crippen LogP contribution in [0.15, 0.2) is 58.6 Å². The van der Waals surface area contributed by atoms with Gasteiger partial charge in [-0.05, 0) is 61.4 Å². The number of primary amides is 1. The highest BCUT2D eigenvalue weighted by molar-refractivity contribution is 9.11. The van der Waals surface area contributed by atoms with Gasteiger partial charge in [0.25, 0.3) is 0 Å². The topological polar surface area (TPSA) is 84.7 Å². The number of nitrogens with two attached hydrogens (primary N) is 1. The molecule has 8 heteroatoms. The van der Waals surface area contributed by atoms with Gasteiger partial charge in [0.05, 0.1) is 12.7 Å². The predicted molar refractivity (Wildman–Crippen MR) is 121 cm³/mol. The summed E-state index contributed by atoms with van der Waals surface area (Å²) in [4.78, 5) is 25.2. The van der Waals surface area contributed by atoms with Gasteiger partial charge in [0.2, 0.25) is 5.91 Å². The van der Waals surface area contributed by atoms with Crippen molar-refractivity contribution >= 4 is 39.5 Å². The molecule has 0 bridgehead atoms. The first-order valence-electron chi connectivity index (χ1n) is 9.84. The lowest BCUT2D eigenvalue weighted by Crippen LogP contribution is -2.44. The molecule has 1 fully saturated rings. The van der Waals surface area contributed by atoms with Crippen LogP contribution in [0.3, 0.4) is 0 Å². The number of imide groups is 1. The molecule has 0 aromatic heterocycles. The smallest absolute Gasteiger partial charge is 0.318 e. The van der Waals surface area contributed by atoms with E-state index in [2.05, 4.69) is 32.2 Å². The quantitative estimate of drug-likeness (QED) is 0.628. The Bertz CT molecular complexity index is 859. The highest BCUT2D eigenvalue weighted by Gasteiger charge is 2.27. The molecule has 1 aliphatic carbocycles. The Morgan fingerprint density at radius 1 is 1.23 bits per heavy atom. The molecule has 160 valence electrons. The highest BCUT2D eigenvalue weighted by atomic mass is 79.9. The van der Waals surface area contributed by atoms with Crippen LogP contribution in [0, 0.1) is 5.92 Å². The van der Waals surface area contributed by atoms with Gasteiger partial charge in [-0.25, -0.2) is 4.79 Å². The fourth-order valence-electron chi connectivity index (χ4n) is 3.58. The summed E-state index contributed by atoms with van der Waals surface area (Å²) in [7, 11) is 0. The number of hydrogen-bond acceptors (Lipinski definition) is 4. The summed E-state index contributed by atoms with van der Waals surface area (Å²) in [6, 6.07) is 6.84. The Labute approximate surface area is 189 Å². The monoisotopic (exact) mass is 493 g/mol. The van der Waals surface area contributed by atoms with E-state index >= 15 is 0 Å². The lowest BCUT2D eigenvalue weighted by molar-refractivity contribution is -0.125. The van der Waals surface area contributed by atoms with E-state index in [1.165, 1.54) is 0 Å². The largest absolute Gasteiger partial charge is 0.365 e. The minimum Gasteiger partial charge on any atom is -0.365 e. The number of piperidine rings is 1. The molecule has 0 spiro atoms. The molecule has 1 aromatic rings. The van der Waals surface area contributed by atoms with Crippen LogP contribution in [0.1, 0.15) is 18.4 Å². The van der Waals surface area contributed by atoms with Gasteiger partial charge in [-0.3, -0.25) is 15.0 Å². The third-order valence-corrected chi connectivity index (χ3v) is 5.93. The van der Waals surface area contributed by atoms with Gasteiger partial charge in [-0.1, -0.05) is 51.8 Å². The molecular formula is C22H25BrClN3O3. The summed E-state index contributed by atoms with van der Waals surface area (Å²) in [6.07, 6.45) is 9.35. The van der Waals surface area contributed by atoms with E-state index < -0.39 is 6.03 Å². The third-order valence-electron chi connectivity index (χ3n) is 5.18. The molecule has 1 unspecified atom stereocenters. The summed E-state index contributed by atoms with van der Waals surface area (Å²) in [5.74, 6) is -0.464. The number of carbonyl (C=O) groups is 2. The number of allylic oxidation sites excluding steroid dienone is 4. The number of amides is 3. The Morgan fingerprint density at radius 3 is 2.60 bits per heavy atom. The van der Waals surface area contributed by atoms with Crippen molar-refractivity contribution in [3.05, 3.63) is 69.2 Å². The number of nitrogens with zero attached hydrogens (tertiary/aromatic N) is 1. The molecule has 3 amide bonds. The lowest BCUT2D eigenvalue weighted by Gasteiger charge is -2.32. The van der Waals surface area contributed by atoms with Gasteiger partial charge < -0.3 is 10.5 Å². The molecule has 6 nitrogen and oxygen atoms in total. The summed E-state index contributed by atoms with van der Waals surface area (Å²) < 4.78 is 7.19. The molecule has 0 saturated carbocycles. The zero-order valence-electron chi connectivity index (χ0n) is 16.5. The van der Waals surface area contributed by atoms with E-state index in [-0.39, 0.29) is 17.9 Å². The Morgan fingerprint density at radius 2 is 1.93 bits per heavy atom. The third kappa shape index (κ3) is 6.80. The number of halogens is 2. The number of carbonyl (C=O) groups excluding carboxylic acids is 2. The molecule has 30 heavy (non-hydrogen) atoms. The number of benzene rings is 1. The first-order valence-corrected chi connectivity index (χ1v) is 11.0. The van der Waals surface area contributed by atoms with Crippen LogP contribution in [-0.4, -0.2) is 42.6 Å². The fourth-order valence-corrected chi connectivity index (χ4v) is 4.15. The highest BCUT2D eigenvalue weighted by Crippen LogP contribution is 2.24. The van der Waals surface area contributed by atoms with E-state index in [1.807, 2.05) is 42.5 Å². The van der Waals surface area contributed by atoms with Gasteiger partial charge in [0, 0.05) is 22.0 Å². The predicted octanol–water partition coefficient (Wildman–Crippen LogP) is 3.91. The first kappa shape index (κ1) is 22.7. The van der Waals surface area contributed by atoms with Crippen LogP contribution >= 0.6 is 27.5 Å². The van der Waals surface area contributed by atoms with Gasteiger partial charge in [0.1, 0.15) is 0 Å². The normalized spacial score (nSPS) is 20.3. The minimum absolute atomic E-state index is 0.150. The molecule has 0 radical (unpaired) electrons. The van der Waals surface area contributed by atoms with Gasteiger partial charge in [-0.2, -0.15) is 0 Å². The van der Waals surface area contributed by atoms with Crippen LogP contribution in [0.2, 0.25) is 5.02 Å². The van der Waals surface area contributed by atoms with Crippen LogP contribution < -0.4 is 11.1 Å². The molecule has 2 aliphatic rings. The second-order valence-corrected chi connectivity index (χ2v) is 8.77. The van der Waals surface area contributed by atoms with Gasteiger partial charge in [0.15, 0.2) is 0 Å². The SMILES string of the molecule is NC(=O)NC(=O)C1CCN(CC2=CC(Br)=CC=CC2OCc2ccc(Cl)cc2)CC1. The summed E-state index contributed by atoms with van der Waals surface area (Å²) in [5.41, 5.74) is 7.25. The van der Waals surface area contributed by atoms with E-state index in [4.69, 9.17) is 22.1 Å². The summed E-state index contributed by atoms with van der Waals surface area (Å²) in [5, 5.41) is 2.89. The summed E-state index contributed by atoms with van der Waals surface area (Å²) >= 11 is 9.53. The summed E-state index contributed by atoms with van der Waals surface area (Å²) in [6.45, 7) is 2.76. The number of hydrogen-bond donors (Lipinski definition) is 2. The first-order chi connectivity index (χ1) is 14.4. The number of likely N-dealkylation sites (tertiary alicyclic amines) is 1. The van der Waals surface area contributed by atoms with E-state index in [1.54, 1.807) is 0 Å². The van der Waals surface area contributed by atoms with Crippen molar-refractivity contribution in [2.45, 2.75) is 25.6 Å². The fraction of sp³-hybridized carbons (Fsp3) is 0.364. The number of urea groups is 1. The molecule has 1 aliphatic heterocycles. The number of rotatable bonds is 6.